The van der Waals surface area contributed by atoms with Gasteiger partial charge in [0.25, 0.3) is 5.91 Å². The summed E-state index contributed by atoms with van der Waals surface area (Å²) in [6.45, 7) is 12.9. The van der Waals surface area contributed by atoms with Crippen LogP contribution in [0, 0.1) is 18.6 Å². The van der Waals surface area contributed by atoms with E-state index in [2.05, 4.69) is 16.5 Å². The minimum absolute atomic E-state index is 0.00554. The Morgan fingerprint density at radius 1 is 1.09 bits per heavy atom. The van der Waals surface area contributed by atoms with Crippen LogP contribution in [0.4, 0.5) is 19.0 Å². The van der Waals surface area contributed by atoms with Crippen LogP contribution < -0.4 is 10.6 Å². The van der Waals surface area contributed by atoms with E-state index in [9.17, 15) is 14.0 Å². The quantitative estimate of drug-likeness (QED) is 0.231. The molecule has 1 aliphatic rings. The molecule has 2 aromatic carbocycles. The van der Waals surface area contributed by atoms with Crippen LogP contribution in [0.2, 0.25) is 0 Å². The number of carbonyl (C=O) groups is 1. The third-order valence-electron chi connectivity index (χ3n) is 8.33. The Labute approximate surface area is 268 Å². The second-order valence-corrected chi connectivity index (χ2v) is 12.6. The number of piperazine rings is 1. The molecule has 236 valence electrons. The molecule has 0 radical (unpaired) electrons. The number of anilines is 1. The summed E-state index contributed by atoms with van der Waals surface area (Å²) < 4.78 is 47.2. The second kappa shape index (κ2) is 12.7. The molecule has 1 aliphatic heterocycles. The van der Waals surface area contributed by atoms with Crippen molar-refractivity contribution in [3.8, 4) is 16.8 Å². The van der Waals surface area contributed by atoms with Gasteiger partial charge in [-0.15, -0.1) is 5.37 Å². The number of hydrogen-bond acceptors (Lipinski definition) is 5. The zero-order chi connectivity index (χ0) is 33.6. The fraction of sp³-hybridized carbons (Fsp3) is 0.294. The first-order valence-electron chi connectivity index (χ1n) is 15.3. The van der Waals surface area contributed by atoms with Gasteiger partial charge >= 0.3 is 5.69 Å². The van der Waals surface area contributed by atoms with E-state index in [0.717, 1.165) is 10.9 Å². The van der Waals surface area contributed by atoms with Crippen LogP contribution in [0.3, 0.4) is 0 Å². The number of aryl methyl sites for hydroxylation is 1. The highest BCUT2D eigenvalue weighted by Gasteiger charge is 2.35. The first kappa shape index (κ1) is 32.8. The monoisotopic (exact) mass is 625 g/mol. The highest BCUT2D eigenvalue weighted by molar-refractivity contribution is 6.50. The molecule has 1 fully saturated rings. The first-order valence-corrected chi connectivity index (χ1v) is 15.3. The lowest BCUT2D eigenvalue weighted by atomic mass is 9.77. The van der Waals surface area contributed by atoms with E-state index < -0.39 is 41.1 Å². The van der Waals surface area contributed by atoms with Crippen molar-refractivity contribution in [3.05, 3.63) is 99.3 Å². The normalized spacial score (nSPS) is 16.6. The molecule has 2 aromatic heterocycles. The van der Waals surface area contributed by atoms with Crippen LogP contribution in [-0.4, -0.2) is 66.2 Å². The predicted octanol–water partition coefficient (Wildman–Crippen LogP) is 4.63. The molecule has 0 unspecified atom stereocenters. The van der Waals surface area contributed by atoms with Crippen molar-refractivity contribution >= 4 is 44.4 Å². The number of benzene rings is 2. The van der Waals surface area contributed by atoms with Gasteiger partial charge in [0.15, 0.2) is 5.83 Å². The number of rotatable bonds is 6. The lowest BCUT2D eigenvalue weighted by molar-refractivity contribution is -0.129. The van der Waals surface area contributed by atoms with Crippen molar-refractivity contribution in [1.82, 2.24) is 19.4 Å². The van der Waals surface area contributed by atoms with E-state index in [0.29, 0.717) is 27.8 Å². The van der Waals surface area contributed by atoms with Gasteiger partial charge < -0.3 is 9.80 Å². The molecule has 7 nitrogen and oxygen atoms in total. The molecule has 0 saturated carbocycles. The maximum atomic E-state index is 16.4. The number of carbonyl (C=O) groups excluding carboxylic acids is 1. The van der Waals surface area contributed by atoms with Crippen molar-refractivity contribution in [2.24, 2.45) is 0 Å². The van der Waals surface area contributed by atoms with Crippen LogP contribution in [0.1, 0.15) is 50.4 Å². The van der Waals surface area contributed by atoms with Crippen molar-refractivity contribution in [1.29, 1.82) is 0 Å². The molecule has 0 spiro atoms. The summed E-state index contributed by atoms with van der Waals surface area (Å²) >= 11 is 0. The van der Waals surface area contributed by atoms with Crippen molar-refractivity contribution < 1.29 is 18.0 Å². The smallest absolute Gasteiger partial charge is 0.347 e. The Morgan fingerprint density at radius 2 is 1.76 bits per heavy atom. The number of nitrogens with zero attached hydrogens (tertiary/aromatic N) is 5. The molecular weight excluding hydrogens is 589 g/mol. The van der Waals surface area contributed by atoms with E-state index in [-0.39, 0.29) is 36.0 Å². The number of amides is 1. The largest absolute Gasteiger partial charge is 0.354 e. The molecule has 1 amide bonds. The summed E-state index contributed by atoms with van der Waals surface area (Å²) in [5.74, 6) is -2.99. The minimum Gasteiger partial charge on any atom is -0.347 e. The number of halogens is 3. The van der Waals surface area contributed by atoms with Crippen LogP contribution in [-0.2, 0) is 4.79 Å². The Balaban J connectivity index is 1.86. The van der Waals surface area contributed by atoms with Crippen LogP contribution in [0.5, 0.6) is 0 Å². The third-order valence-corrected chi connectivity index (χ3v) is 8.33. The van der Waals surface area contributed by atoms with E-state index >= 15 is 8.78 Å². The molecular formula is C34H36B2F3N5O2. The van der Waals surface area contributed by atoms with Crippen LogP contribution in [0.15, 0.2) is 65.2 Å². The van der Waals surface area contributed by atoms with Crippen LogP contribution >= 0.6 is 0 Å². The average Bonchev–Trinajstić information content (AvgIpc) is 2.96. The molecule has 0 aliphatic carbocycles. The molecule has 46 heavy (non-hydrogen) atoms. The fourth-order valence-electron chi connectivity index (χ4n) is 6.45. The molecule has 12 heteroatoms. The fourth-order valence-corrected chi connectivity index (χ4v) is 6.45. The van der Waals surface area contributed by atoms with Crippen molar-refractivity contribution in [3.63, 3.8) is 0 Å². The first-order chi connectivity index (χ1) is 21.7. The molecule has 2 atom stereocenters. The van der Waals surface area contributed by atoms with Crippen molar-refractivity contribution in [2.75, 3.05) is 18.0 Å². The van der Waals surface area contributed by atoms with Crippen molar-refractivity contribution in [2.45, 2.75) is 52.6 Å². The van der Waals surface area contributed by atoms with Gasteiger partial charge in [0.1, 0.15) is 33.1 Å². The Kier molecular flexibility index (Phi) is 9.02. The maximum Gasteiger partial charge on any atom is 0.354 e. The average molecular weight is 625 g/mol. The lowest BCUT2D eigenvalue weighted by Gasteiger charge is -2.45. The standard InChI is InChI=1S/C34H36B2F3N5O2/c1-17(2)30-31(18(3)10-11-40-30)44-27-14-23(29-22(12-28(35)36)8-7-9-25(29)38)26(39)13-24(27)32(41-34(44)46)43-19(4)15-42(16-20(43)5)33(45)21(6)37/h7-14,17,19-20H,6,15-16,35-36H2,1-5H3/t19-,20-/m0/s1. The molecule has 5 rings (SSSR count). The Morgan fingerprint density at radius 3 is 2.37 bits per heavy atom. The molecule has 1 saturated heterocycles. The minimum atomic E-state index is -1.05. The summed E-state index contributed by atoms with van der Waals surface area (Å²) in [6.07, 6.45) is 3.46. The number of pyridine rings is 1. The lowest BCUT2D eigenvalue weighted by Crippen LogP contribution is -2.59. The number of aromatic nitrogens is 3. The van der Waals surface area contributed by atoms with E-state index in [1.54, 1.807) is 30.5 Å². The Bertz CT molecular complexity index is 1960. The topological polar surface area (TPSA) is 71.3 Å². The molecule has 0 N–H and O–H groups in total. The maximum absolute atomic E-state index is 16.4. The zero-order valence-electron chi connectivity index (χ0n) is 27.2. The molecule has 0 bridgehead atoms. The SMILES string of the molecule is BC(B)=Cc1cccc(F)c1-c1cc2c(cc1F)c(N1[C@@H](C)CN(C(=O)C(=C)F)C[C@@H]1C)nc(=O)n2-c1c(C)ccnc1C(C)C. The predicted molar refractivity (Wildman–Crippen MR) is 183 cm³/mol. The number of hydrogen-bond donors (Lipinski definition) is 0. The highest BCUT2D eigenvalue weighted by Crippen LogP contribution is 2.38. The summed E-state index contributed by atoms with van der Waals surface area (Å²) in [7, 11) is 3.75. The Hall–Kier alpha value is -4.60. The molecule has 3 heterocycles. The summed E-state index contributed by atoms with van der Waals surface area (Å²) in [4.78, 5) is 39.0. The zero-order valence-corrected chi connectivity index (χ0v) is 27.2. The van der Waals surface area contributed by atoms with E-state index in [4.69, 9.17) is 0 Å². The van der Waals surface area contributed by atoms with E-state index in [1.807, 2.05) is 55.2 Å². The third kappa shape index (κ3) is 5.88. The number of fused-ring (bicyclic) bond motifs is 1. The summed E-state index contributed by atoms with van der Waals surface area (Å²) in [6, 6.07) is 8.35. The van der Waals surface area contributed by atoms with Gasteiger partial charge in [-0.05, 0) is 62.1 Å². The van der Waals surface area contributed by atoms with Gasteiger partial charge in [-0.2, -0.15) is 4.98 Å². The van der Waals surface area contributed by atoms with Gasteiger partial charge in [-0.3, -0.25) is 14.3 Å². The van der Waals surface area contributed by atoms with Gasteiger partial charge in [-0.25, -0.2) is 18.0 Å². The second-order valence-electron chi connectivity index (χ2n) is 12.6. The summed E-state index contributed by atoms with van der Waals surface area (Å²) in [5.41, 5.74) is 2.22. The van der Waals surface area contributed by atoms with Gasteiger partial charge in [0, 0.05) is 47.9 Å². The van der Waals surface area contributed by atoms with Crippen LogP contribution in [0.25, 0.3) is 33.8 Å². The molecule has 4 aromatic rings. The van der Waals surface area contributed by atoms with E-state index in [1.165, 1.54) is 27.7 Å². The van der Waals surface area contributed by atoms with Gasteiger partial charge in [-0.1, -0.05) is 38.6 Å². The highest BCUT2D eigenvalue weighted by atomic mass is 19.1. The van der Waals surface area contributed by atoms with Gasteiger partial charge in [0.05, 0.1) is 16.9 Å². The van der Waals surface area contributed by atoms with Gasteiger partial charge in [0.2, 0.25) is 0 Å². The summed E-state index contributed by atoms with van der Waals surface area (Å²) in [5, 5.41) is 1.23.